The van der Waals surface area contributed by atoms with E-state index in [4.69, 9.17) is 4.74 Å². The number of rotatable bonds is 6. The number of carbonyl (C=O) groups excluding carboxylic acids is 4. The number of carboxylic acid groups (broad SMARTS) is 1. The molecule has 1 N–H and O–H groups in total. The highest BCUT2D eigenvalue weighted by atomic mass is 16.5. The van der Waals surface area contributed by atoms with Crippen LogP contribution in [0, 0.1) is 0 Å². The number of amides is 4. The van der Waals surface area contributed by atoms with E-state index >= 15 is 0 Å². The van der Waals surface area contributed by atoms with E-state index in [9.17, 15) is 24.3 Å². The number of urea groups is 1. The average Bonchev–Trinajstić information content (AvgIpc) is 2.72. The Bertz CT molecular complexity index is 1020. The average molecular weight is 407 g/mol. The molecule has 1 saturated heterocycles. The smallest absolute Gasteiger partial charge is 0.335 e. The van der Waals surface area contributed by atoms with Crippen LogP contribution in [-0.4, -0.2) is 29.9 Å². The molecule has 8 heteroatoms. The molecular formula is C22H19N2O6-. The van der Waals surface area contributed by atoms with Crippen molar-refractivity contribution in [2.75, 3.05) is 4.90 Å². The van der Waals surface area contributed by atoms with Gasteiger partial charge >= 0.3 is 6.03 Å². The van der Waals surface area contributed by atoms with Crippen LogP contribution >= 0.6 is 0 Å². The fourth-order valence-electron chi connectivity index (χ4n) is 2.83. The van der Waals surface area contributed by atoms with Crippen molar-refractivity contribution in [2.45, 2.75) is 26.4 Å². The highest BCUT2D eigenvalue weighted by Crippen LogP contribution is 2.23. The zero-order valence-electron chi connectivity index (χ0n) is 16.4. The molecule has 8 nitrogen and oxygen atoms in total. The van der Waals surface area contributed by atoms with Gasteiger partial charge in [-0.15, -0.1) is 0 Å². The molecule has 4 amide bonds. The lowest BCUT2D eigenvalue weighted by atomic mass is 10.1. The number of hydrogen-bond acceptors (Lipinski definition) is 6. The summed E-state index contributed by atoms with van der Waals surface area (Å²) in [6.07, 6.45) is 1.04. The Morgan fingerprint density at radius 2 is 1.73 bits per heavy atom. The maximum Gasteiger partial charge on any atom is 0.335 e. The first-order valence-electron chi connectivity index (χ1n) is 9.28. The Labute approximate surface area is 172 Å². The SMILES string of the molecule is CCc1ccc(N2C(=O)NC(=O)/C(=C\c3ccc(O[C@@H](C)C(=O)[O-])cc3)C2=O)cc1. The first kappa shape index (κ1) is 20.8. The number of nitrogens with one attached hydrogen (secondary N) is 1. The van der Waals surface area contributed by atoms with Crippen LogP contribution in [-0.2, 0) is 20.8 Å². The number of aryl methyl sites for hydroxylation is 1. The molecular weight excluding hydrogens is 388 g/mol. The van der Waals surface area contributed by atoms with Crippen LogP contribution in [0.15, 0.2) is 54.1 Å². The number of barbiturate groups is 1. The minimum atomic E-state index is -1.35. The molecule has 0 spiro atoms. The minimum Gasteiger partial charge on any atom is -0.546 e. The predicted octanol–water partition coefficient (Wildman–Crippen LogP) is 1.43. The largest absolute Gasteiger partial charge is 0.546 e. The predicted molar refractivity (Wildman–Crippen MR) is 106 cm³/mol. The lowest BCUT2D eigenvalue weighted by molar-refractivity contribution is -0.312. The first-order valence-corrected chi connectivity index (χ1v) is 9.28. The molecule has 2 aromatic rings. The minimum absolute atomic E-state index is 0.203. The van der Waals surface area contributed by atoms with E-state index in [0.29, 0.717) is 17.0 Å². The molecule has 3 rings (SSSR count). The summed E-state index contributed by atoms with van der Waals surface area (Å²) in [6, 6.07) is 12.2. The normalized spacial score (nSPS) is 16.4. The molecule has 0 unspecified atom stereocenters. The second-order valence-electron chi connectivity index (χ2n) is 6.63. The Morgan fingerprint density at radius 3 is 2.30 bits per heavy atom. The summed E-state index contributed by atoms with van der Waals surface area (Å²) in [6.45, 7) is 3.33. The second-order valence-corrected chi connectivity index (χ2v) is 6.63. The van der Waals surface area contributed by atoms with E-state index in [1.165, 1.54) is 25.1 Å². The summed E-state index contributed by atoms with van der Waals surface area (Å²) in [5.74, 6) is -2.58. The van der Waals surface area contributed by atoms with E-state index in [1.807, 2.05) is 19.1 Å². The number of hydrogen-bond donors (Lipinski definition) is 1. The molecule has 1 heterocycles. The van der Waals surface area contributed by atoms with Crippen LogP contribution < -0.4 is 20.1 Å². The van der Waals surface area contributed by atoms with Crippen molar-refractivity contribution >= 4 is 35.6 Å². The first-order chi connectivity index (χ1) is 14.3. The lowest BCUT2D eigenvalue weighted by Gasteiger charge is -2.26. The fourth-order valence-corrected chi connectivity index (χ4v) is 2.83. The van der Waals surface area contributed by atoms with E-state index in [2.05, 4.69) is 5.32 Å². The van der Waals surface area contributed by atoms with Gasteiger partial charge in [-0.3, -0.25) is 14.9 Å². The third-order valence-electron chi connectivity index (χ3n) is 4.54. The van der Waals surface area contributed by atoms with Crippen LogP contribution in [0.3, 0.4) is 0 Å². The van der Waals surface area contributed by atoms with Gasteiger partial charge in [0.1, 0.15) is 17.4 Å². The summed E-state index contributed by atoms with van der Waals surface area (Å²) in [5.41, 5.74) is 1.70. The van der Waals surface area contributed by atoms with Gasteiger partial charge in [-0.25, -0.2) is 9.69 Å². The topological polar surface area (TPSA) is 116 Å². The van der Waals surface area contributed by atoms with E-state index < -0.39 is 29.9 Å². The van der Waals surface area contributed by atoms with Crippen LogP contribution in [0.2, 0.25) is 0 Å². The summed E-state index contributed by atoms with van der Waals surface area (Å²) in [5, 5.41) is 12.9. The fraction of sp³-hybridized carbons (Fsp3) is 0.182. The Kier molecular flexibility index (Phi) is 5.96. The molecule has 0 saturated carbocycles. The number of aliphatic carboxylic acids is 1. The molecule has 1 aliphatic rings. The van der Waals surface area contributed by atoms with Gasteiger partial charge in [0.25, 0.3) is 11.8 Å². The Hall–Kier alpha value is -3.94. The van der Waals surface area contributed by atoms with Gasteiger partial charge in [0, 0.05) is 0 Å². The van der Waals surface area contributed by atoms with E-state index in [-0.39, 0.29) is 5.57 Å². The maximum atomic E-state index is 12.9. The number of nitrogens with zero attached hydrogens (tertiary/aromatic N) is 1. The van der Waals surface area contributed by atoms with Gasteiger partial charge in [-0.2, -0.15) is 0 Å². The molecule has 0 radical (unpaired) electrons. The molecule has 0 aliphatic carbocycles. The van der Waals surface area contributed by atoms with Crippen molar-refractivity contribution in [3.05, 3.63) is 65.2 Å². The highest BCUT2D eigenvalue weighted by Gasteiger charge is 2.36. The number of carboxylic acids is 1. The van der Waals surface area contributed by atoms with Crippen molar-refractivity contribution in [3.8, 4) is 5.75 Å². The number of benzene rings is 2. The van der Waals surface area contributed by atoms with Crippen molar-refractivity contribution in [3.63, 3.8) is 0 Å². The van der Waals surface area contributed by atoms with Crippen LogP contribution in [0.4, 0.5) is 10.5 Å². The molecule has 154 valence electrons. The number of anilines is 1. The molecule has 1 aliphatic heterocycles. The summed E-state index contributed by atoms with van der Waals surface area (Å²) < 4.78 is 5.19. The monoisotopic (exact) mass is 407 g/mol. The van der Waals surface area contributed by atoms with Gasteiger partial charge in [-0.1, -0.05) is 31.2 Å². The van der Waals surface area contributed by atoms with E-state index in [1.54, 1.807) is 24.3 Å². The van der Waals surface area contributed by atoms with Crippen molar-refractivity contribution in [1.82, 2.24) is 5.32 Å². The molecule has 1 fully saturated rings. The Balaban J connectivity index is 1.85. The van der Waals surface area contributed by atoms with Crippen molar-refractivity contribution in [2.24, 2.45) is 0 Å². The van der Waals surface area contributed by atoms with Gasteiger partial charge in [-0.05, 0) is 54.8 Å². The number of ether oxygens (including phenoxy) is 1. The van der Waals surface area contributed by atoms with Crippen LogP contribution in [0.5, 0.6) is 5.75 Å². The molecule has 2 aromatic carbocycles. The lowest BCUT2D eigenvalue weighted by Crippen LogP contribution is -2.54. The maximum absolute atomic E-state index is 12.9. The third-order valence-corrected chi connectivity index (χ3v) is 4.54. The molecule has 30 heavy (non-hydrogen) atoms. The molecule has 1 atom stereocenters. The van der Waals surface area contributed by atoms with Gasteiger partial charge in [0.05, 0.1) is 11.7 Å². The van der Waals surface area contributed by atoms with Crippen LogP contribution in [0.25, 0.3) is 6.08 Å². The van der Waals surface area contributed by atoms with Crippen molar-refractivity contribution in [1.29, 1.82) is 0 Å². The van der Waals surface area contributed by atoms with Gasteiger partial charge in [0.15, 0.2) is 0 Å². The van der Waals surface area contributed by atoms with Crippen LogP contribution in [0.1, 0.15) is 25.0 Å². The summed E-state index contributed by atoms with van der Waals surface area (Å²) >= 11 is 0. The standard InChI is InChI=1S/C22H20N2O6/c1-3-14-4-8-16(9-5-14)24-20(26)18(19(25)23-22(24)29)12-15-6-10-17(11-7-15)30-13(2)21(27)28/h4-13H,3H2,1-2H3,(H,27,28)(H,23,25,29)/p-1/b18-12+/t13-/m0/s1. The van der Waals surface area contributed by atoms with Gasteiger partial charge < -0.3 is 14.6 Å². The zero-order valence-corrected chi connectivity index (χ0v) is 16.4. The summed E-state index contributed by atoms with van der Waals surface area (Å²) in [7, 11) is 0. The number of carbonyl (C=O) groups is 4. The van der Waals surface area contributed by atoms with E-state index in [0.717, 1.165) is 16.9 Å². The molecule has 0 aromatic heterocycles. The van der Waals surface area contributed by atoms with Gasteiger partial charge in [0.2, 0.25) is 0 Å². The van der Waals surface area contributed by atoms with Crippen molar-refractivity contribution < 1.29 is 29.0 Å². The quantitative estimate of drug-likeness (QED) is 0.572. The third kappa shape index (κ3) is 4.38. The zero-order chi connectivity index (χ0) is 21.8. The molecule has 0 bridgehead atoms. The second kappa shape index (κ2) is 8.60. The number of imide groups is 2. The Morgan fingerprint density at radius 1 is 1.10 bits per heavy atom. The highest BCUT2D eigenvalue weighted by molar-refractivity contribution is 6.39. The summed E-state index contributed by atoms with van der Waals surface area (Å²) in [4.78, 5) is 49.0.